The minimum Gasteiger partial charge on any atom is -0.497 e. The van der Waals surface area contributed by atoms with Crippen molar-refractivity contribution in [3.63, 3.8) is 0 Å². The van der Waals surface area contributed by atoms with Crippen LogP contribution in [0.15, 0.2) is 45.3 Å². The number of methoxy groups -OCH3 is 1. The summed E-state index contributed by atoms with van der Waals surface area (Å²) in [6, 6.07) is 10.3. The lowest BCUT2D eigenvalue weighted by atomic mass is 10.2. The molecule has 5 heteroatoms. The van der Waals surface area contributed by atoms with Crippen molar-refractivity contribution in [3.05, 3.63) is 56.7 Å². The van der Waals surface area contributed by atoms with Crippen LogP contribution < -0.4 is 9.47 Å². The zero-order chi connectivity index (χ0) is 13.8. The predicted octanol–water partition coefficient (Wildman–Crippen LogP) is 4.94. The first kappa shape index (κ1) is 14.3. The van der Waals surface area contributed by atoms with Gasteiger partial charge in [-0.25, -0.2) is 4.39 Å². The first-order valence-corrected chi connectivity index (χ1v) is 7.09. The third-order valence-electron chi connectivity index (χ3n) is 2.55. The van der Waals surface area contributed by atoms with Crippen molar-refractivity contribution < 1.29 is 13.9 Å². The minimum atomic E-state index is -0.296. The standard InChI is InChI=1S/C14H11Br2FO2/c1-18-10-5-6-13(11(15)7-10)19-8-9-3-2-4-12(17)14(9)16/h2-7H,8H2,1H3. The number of benzene rings is 2. The van der Waals surface area contributed by atoms with Crippen LogP contribution in [-0.4, -0.2) is 7.11 Å². The van der Waals surface area contributed by atoms with E-state index in [1.807, 2.05) is 12.1 Å². The smallest absolute Gasteiger partial charge is 0.137 e. The Morgan fingerprint density at radius 1 is 1.16 bits per heavy atom. The molecule has 0 atom stereocenters. The molecule has 2 rings (SSSR count). The van der Waals surface area contributed by atoms with Gasteiger partial charge >= 0.3 is 0 Å². The van der Waals surface area contributed by atoms with E-state index < -0.39 is 0 Å². The fourth-order valence-electron chi connectivity index (χ4n) is 1.54. The van der Waals surface area contributed by atoms with Gasteiger partial charge in [-0.2, -0.15) is 0 Å². The first-order valence-electron chi connectivity index (χ1n) is 5.51. The average molecular weight is 390 g/mol. The molecule has 0 radical (unpaired) electrons. The molecule has 0 aliphatic carbocycles. The Bertz CT molecular complexity index is 588. The summed E-state index contributed by atoms with van der Waals surface area (Å²) in [7, 11) is 1.60. The molecular formula is C14H11Br2FO2. The number of halogens is 3. The van der Waals surface area contributed by atoms with Crippen molar-refractivity contribution in [2.75, 3.05) is 7.11 Å². The van der Waals surface area contributed by atoms with Gasteiger partial charge in [0.15, 0.2) is 0 Å². The molecule has 0 fully saturated rings. The number of hydrogen-bond acceptors (Lipinski definition) is 2. The van der Waals surface area contributed by atoms with E-state index in [1.165, 1.54) is 6.07 Å². The van der Waals surface area contributed by atoms with Crippen LogP contribution in [0.25, 0.3) is 0 Å². The van der Waals surface area contributed by atoms with Crippen LogP contribution >= 0.6 is 31.9 Å². The third kappa shape index (κ3) is 3.48. The van der Waals surface area contributed by atoms with Crippen LogP contribution in [0.4, 0.5) is 4.39 Å². The van der Waals surface area contributed by atoms with Gasteiger partial charge in [-0.15, -0.1) is 0 Å². The van der Waals surface area contributed by atoms with E-state index >= 15 is 0 Å². The molecule has 0 bridgehead atoms. The lowest BCUT2D eigenvalue weighted by molar-refractivity contribution is 0.302. The van der Waals surface area contributed by atoms with Crippen molar-refractivity contribution in [2.45, 2.75) is 6.61 Å². The maximum atomic E-state index is 13.4. The van der Waals surface area contributed by atoms with Crippen molar-refractivity contribution >= 4 is 31.9 Å². The summed E-state index contributed by atoms with van der Waals surface area (Å²) in [6.45, 7) is 0.281. The average Bonchev–Trinajstić information content (AvgIpc) is 2.41. The van der Waals surface area contributed by atoms with E-state index in [4.69, 9.17) is 9.47 Å². The summed E-state index contributed by atoms with van der Waals surface area (Å²) >= 11 is 6.61. The highest BCUT2D eigenvalue weighted by molar-refractivity contribution is 9.10. The van der Waals surface area contributed by atoms with Crippen LogP contribution in [0.5, 0.6) is 11.5 Å². The van der Waals surface area contributed by atoms with Gasteiger partial charge in [0, 0.05) is 5.56 Å². The van der Waals surface area contributed by atoms with Crippen molar-refractivity contribution in [1.82, 2.24) is 0 Å². The minimum absolute atomic E-state index is 0.281. The molecule has 0 amide bonds. The van der Waals surface area contributed by atoms with Crippen LogP contribution in [0.2, 0.25) is 0 Å². The first-order chi connectivity index (χ1) is 9.11. The second-order valence-corrected chi connectivity index (χ2v) is 5.45. The third-order valence-corrected chi connectivity index (χ3v) is 4.06. The Balaban J connectivity index is 2.12. The van der Waals surface area contributed by atoms with Crippen LogP contribution in [0.3, 0.4) is 0 Å². The number of rotatable bonds is 4. The monoisotopic (exact) mass is 388 g/mol. The molecule has 2 aromatic carbocycles. The molecule has 0 heterocycles. The summed E-state index contributed by atoms with van der Waals surface area (Å²) in [4.78, 5) is 0. The predicted molar refractivity (Wildman–Crippen MR) is 79.1 cm³/mol. The van der Waals surface area contributed by atoms with Gasteiger partial charge in [0.1, 0.15) is 23.9 Å². The lowest BCUT2D eigenvalue weighted by Gasteiger charge is -2.10. The zero-order valence-electron chi connectivity index (χ0n) is 10.1. The summed E-state index contributed by atoms with van der Waals surface area (Å²) in [5, 5.41) is 0. The van der Waals surface area contributed by atoms with E-state index in [2.05, 4.69) is 31.9 Å². The molecule has 0 aliphatic heterocycles. The Morgan fingerprint density at radius 2 is 1.95 bits per heavy atom. The van der Waals surface area contributed by atoms with Crippen molar-refractivity contribution in [1.29, 1.82) is 0 Å². The fourth-order valence-corrected chi connectivity index (χ4v) is 2.39. The highest BCUT2D eigenvalue weighted by atomic mass is 79.9. The molecule has 0 unspecified atom stereocenters. The Hall–Kier alpha value is -1.07. The second kappa shape index (κ2) is 6.39. The van der Waals surface area contributed by atoms with Crippen molar-refractivity contribution in [2.24, 2.45) is 0 Å². The van der Waals surface area contributed by atoms with Gasteiger partial charge in [0.2, 0.25) is 0 Å². The van der Waals surface area contributed by atoms with Gasteiger partial charge in [-0.1, -0.05) is 12.1 Å². The van der Waals surface area contributed by atoms with Gasteiger partial charge < -0.3 is 9.47 Å². The molecule has 0 aliphatic rings. The highest BCUT2D eigenvalue weighted by Gasteiger charge is 2.08. The largest absolute Gasteiger partial charge is 0.497 e. The molecule has 2 nitrogen and oxygen atoms in total. The molecular weight excluding hydrogens is 379 g/mol. The molecule has 0 saturated carbocycles. The zero-order valence-corrected chi connectivity index (χ0v) is 13.3. The van der Waals surface area contributed by atoms with Crippen LogP contribution in [-0.2, 0) is 6.61 Å². The molecule has 0 N–H and O–H groups in total. The topological polar surface area (TPSA) is 18.5 Å². The van der Waals surface area contributed by atoms with Crippen LogP contribution in [0, 0.1) is 5.82 Å². The van der Waals surface area contributed by atoms with Gasteiger partial charge in [-0.05, 0) is 56.1 Å². The van der Waals surface area contributed by atoms with E-state index in [0.717, 1.165) is 15.8 Å². The maximum absolute atomic E-state index is 13.4. The maximum Gasteiger partial charge on any atom is 0.137 e. The summed E-state index contributed by atoms with van der Waals surface area (Å²) in [5.41, 5.74) is 0.753. The summed E-state index contributed by atoms with van der Waals surface area (Å²) in [6.07, 6.45) is 0. The Labute approximate surface area is 127 Å². The molecule has 100 valence electrons. The molecule has 19 heavy (non-hydrogen) atoms. The van der Waals surface area contributed by atoms with E-state index in [1.54, 1.807) is 25.3 Å². The lowest BCUT2D eigenvalue weighted by Crippen LogP contribution is -1.98. The van der Waals surface area contributed by atoms with Crippen molar-refractivity contribution in [3.8, 4) is 11.5 Å². The Morgan fingerprint density at radius 3 is 2.63 bits per heavy atom. The number of hydrogen-bond donors (Lipinski definition) is 0. The highest BCUT2D eigenvalue weighted by Crippen LogP contribution is 2.30. The molecule has 0 aromatic heterocycles. The van der Waals surface area contributed by atoms with E-state index in [-0.39, 0.29) is 12.4 Å². The Kier molecular flexibility index (Phi) is 4.82. The summed E-state index contributed by atoms with van der Waals surface area (Å²) in [5.74, 6) is 1.12. The SMILES string of the molecule is COc1ccc(OCc2cccc(F)c2Br)c(Br)c1. The fraction of sp³-hybridized carbons (Fsp3) is 0.143. The van der Waals surface area contributed by atoms with E-state index in [9.17, 15) is 4.39 Å². The normalized spacial score (nSPS) is 10.3. The van der Waals surface area contributed by atoms with Gasteiger partial charge in [0.25, 0.3) is 0 Å². The molecule has 2 aromatic rings. The van der Waals surface area contributed by atoms with E-state index in [0.29, 0.717) is 10.2 Å². The second-order valence-electron chi connectivity index (χ2n) is 3.80. The molecule has 0 spiro atoms. The number of ether oxygens (including phenoxy) is 2. The van der Waals surface area contributed by atoms with Gasteiger partial charge in [-0.3, -0.25) is 0 Å². The quantitative estimate of drug-likeness (QED) is 0.737. The van der Waals surface area contributed by atoms with Crippen LogP contribution in [0.1, 0.15) is 5.56 Å². The molecule has 0 saturated heterocycles. The summed E-state index contributed by atoms with van der Waals surface area (Å²) < 4.78 is 25.3. The van der Waals surface area contributed by atoms with Gasteiger partial charge in [0.05, 0.1) is 16.1 Å².